The molecule has 2 aliphatic heterocycles. The number of esters is 1. The van der Waals surface area contributed by atoms with E-state index in [4.69, 9.17) is 26.7 Å². The van der Waals surface area contributed by atoms with Crippen LogP contribution in [0, 0.1) is 5.82 Å². The van der Waals surface area contributed by atoms with Gasteiger partial charge in [0, 0.05) is 37.3 Å². The zero-order valence-corrected chi connectivity index (χ0v) is 33.4. The van der Waals surface area contributed by atoms with Crippen molar-refractivity contribution >= 4 is 74.9 Å². The third-order valence-electron chi connectivity index (χ3n) is 8.54. The number of guanidine groups is 1. The van der Waals surface area contributed by atoms with Gasteiger partial charge in [0.15, 0.2) is 5.96 Å². The lowest BCUT2D eigenvalue weighted by Gasteiger charge is -2.22. The maximum atomic E-state index is 13.8. The van der Waals surface area contributed by atoms with Crippen LogP contribution >= 0.6 is 21.6 Å². The lowest BCUT2D eigenvalue weighted by molar-refractivity contribution is -0.153. The van der Waals surface area contributed by atoms with E-state index in [-0.39, 0.29) is 62.5 Å². The predicted octanol–water partition coefficient (Wildman–Crippen LogP) is -5.50. The predicted molar refractivity (Wildman–Crippen MR) is 208 cm³/mol. The summed E-state index contributed by atoms with van der Waals surface area (Å²) in [5.41, 5.74) is 13.7. The largest absolute Gasteiger partial charge is 0.480 e. The number of aromatic nitrogens is 2. The van der Waals surface area contributed by atoms with Crippen LogP contribution in [0.25, 0.3) is 0 Å². The van der Waals surface area contributed by atoms with Gasteiger partial charge in [-0.3, -0.25) is 52.9 Å². The molecule has 7 atom stereocenters. The van der Waals surface area contributed by atoms with Crippen molar-refractivity contribution in [3.8, 4) is 0 Å². The minimum atomic E-state index is -1.62. The first kappa shape index (κ1) is 48.6. The Morgan fingerprint density at radius 1 is 0.967 bits per heavy atom. The van der Waals surface area contributed by atoms with Crippen LogP contribution in [0.15, 0.2) is 20.8 Å². The molecule has 2 fully saturated rings. The molecule has 14 N–H and O–H groups in total. The normalized spacial score (nSPS) is 24.4. The number of aliphatic hydroxyl groups is 1. The van der Waals surface area contributed by atoms with E-state index >= 15 is 0 Å². The van der Waals surface area contributed by atoms with Crippen LogP contribution < -0.4 is 55.0 Å². The molecule has 2 saturated heterocycles. The van der Waals surface area contributed by atoms with Gasteiger partial charge in [-0.25, -0.2) is 9.59 Å². The van der Waals surface area contributed by atoms with E-state index in [1.165, 1.54) is 0 Å². The molecule has 1 aromatic heterocycles. The van der Waals surface area contributed by atoms with Crippen LogP contribution in [0.5, 0.6) is 0 Å². The van der Waals surface area contributed by atoms with Crippen LogP contribution in [0.2, 0.25) is 0 Å². The van der Waals surface area contributed by atoms with E-state index in [0.29, 0.717) is 6.20 Å². The highest BCUT2D eigenvalue weighted by Gasteiger charge is 2.39. The molecule has 25 nitrogen and oxygen atoms in total. The number of hydrogen-bond donors (Lipinski definition) is 11. The summed E-state index contributed by atoms with van der Waals surface area (Å²) in [6.45, 7) is -1.32. The Bertz CT molecular complexity index is 1910. The Morgan fingerprint density at radius 3 is 2.35 bits per heavy atom. The highest BCUT2D eigenvalue weighted by atomic mass is 33.1. The molecule has 2 aliphatic rings. The number of carbonyl (C=O) groups excluding carboxylic acids is 7. The number of nitrogens with one attached hydrogen (secondary N) is 6. The third-order valence-corrected chi connectivity index (χ3v) is 11.0. The molecule has 0 spiro atoms. The van der Waals surface area contributed by atoms with E-state index in [2.05, 4.69) is 31.6 Å². The number of aliphatic imine (C=N–C) groups is 1. The molecule has 0 aromatic carbocycles. The van der Waals surface area contributed by atoms with Gasteiger partial charge in [0.05, 0.1) is 25.8 Å². The second-order valence-electron chi connectivity index (χ2n) is 13.2. The van der Waals surface area contributed by atoms with Gasteiger partial charge in [0.1, 0.15) is 42.6 Å². The minimum Gasteiger partial charge on any atom is -0.480 e. The lowest BCUT2D eigenvalue weighted by atomic mass is 10.1. The van der Waals surface area contributed by atoms with E-state index in [0.717, 1.165) is 26.2 Å². The summed E-state index contributed by atoms with van der Waals surface area (Å²) in [7, 11) is 1.82. The molecule has 60 heavy (non-hydrogen) atoms. The Kier molecular flexibility index (Phi) is 19.2. The second-order valence-corrected chi connectivity index (χ2v) is 15.7. The van der Waals surface area contributed by atoms with Gasteiger partial charge in [0.2, 0.25) is 41.3 Å². The van der Waals surface area contributed by atoms with Crippen molar-refractivity contribution in [1.29, 1.82) is 0 Å². The third kappa shape index (κ3) is 15.8. The molecule has 0 radical (unpaired) electrons. The first-order valence-electron chi connectivity index (χ1n) is 18.1. The number of aliphatic hydroxyl groups excluding tert-OH is 1. The molecular weight excluding hydrogens is 846 g/mol. The minimum absolute atomic E-state index is 0.0360. The highest BCUT2D eigenvalue weighted by molar-refractivity contribution is 8.76. The van der Waals surface area contributed by atoms with E-state index in [1.54, 1.807) is 4.98 Å². The quantitative estimate of drug-likeness (QED) is 0.0257. The van der Waals surface area contributed by atoms with Gasteiger partial charge in [0.25, 0.3) is 5.56 Å². The number of carboxylic acid groups (broad SMARTS) is 1. The smallest absolute Gasteiger partial charge is 0.330 e. The molecule has 332 valence electrons. The van der Waals surface area contributed by atoms with Crippen molar-refractivity contribution in [3.05, 3.63) is 32.9 Å². The molecule has 3 heterocycles. The van der Waals surface area contributed by atoms with E-state index < -0.39 is 127 Å². The van der Waals surface area contributed by atoms with Crippen molar-refractivity contribution in [3.63, 3.8) is 0 Å². The van der Waals surface area contributed by atoms with Gasteiger partial charge in [-0.2, -0.15) is 4.39 Å². The number of rotatable bonds is 15. The van der Waals surface area contributed by atoms with Crippen molar-refractivity contribution < 1.29 is 62.4 Å². The van der Waals surface area contributed by atoms with Gasteiger partial charge in [-0.05, 0) is 19.3 Å². The molecule has 3 rings (SSSR count). The number of amides is 6. The Hall–Kier alpha value is -5.74. The zero-order valence-electron chi connectivity index (χ0n) is 31.7. The number of aliphatic carboxylic acids is 1. The highest BCUT2D eigenvalue weighted by Crippen LogP contribution is 2.30. The number of hydrogen-bond acceptors (Lipinski definition) is 16. The number of aromatic amines is 1. The van der Waals surface area contributed by atoms with Crippen LogP contribution in [0.4, 0.5) is 4.39 Å². The molecule has 0 bridgehead atoms. The van der Waals surface area contributed by atoms with Gasteiger partial charge < -0.3 is 63.5 Å². The molecule has 0 saturated carbocycles. The van der Waals surface area contributed by atoms with Gasteiger partial charge in [-0.15, -0.1) is 0 Å². The van der Waals surface area contributed by atoms with Crippen molar-refractivity contribution in [2.45, 2.75) is 87.5 Å². The average Bonchev–Trinajstić information content (AvgIpc) is 3.57. The maximum Gasteiger partial charge on any atom is 0.330 e. The van der Waals surface area contributed by atoms with Crippen molar-refractivity contribution in [2.75, 3.05) is 31.2 Å². The molecule has 0 unspecified atom stereocenters. The van der Waals surface area contributed by atoms with Crippen molar-refractivity contribution in [1.82, 2.24) is 36.1 Å². The molecular formula is C32H46FN11O14S2. The van der Waals surface area contributed by atoms with E-state index in [9.17, 15) is 62.5 Å². The summed E-state index contributed by atoms with van der Waals surface area (Å²) in [4.78, 5) is 131. The molecule has 6 amide bonds. The lowest BCUT2D eigenvalue weighted by Crippen LogP contribution is -2.56. The fourth-order valence-corrected chi connectivity index (χ4v) is 7.89. The number of nitrogens with two attached hydrogens (primary N) is 3. The van der Waals surface area contributed by atoms with Crippen LogP contribution in [-0.4, -0.2) is 141 Å². The Morgan fingerprint density at radius 2 is 1.68 bits per heavy atom. The maximum absolute atomic E-state index is 13.8. The molecule has 28 heteroatoms. The number of nitrogens with zero attached hydrogens (tertiary/aromatic N) is 2. The summed E-state index contributed by atoms with van der Waals surface area (Å²) in [6.07, 6.45) is -4.39. The van der Waals surface area contributed by atoms with Gasteiger partial charge >= 0.3 is 17.6 Å². The van der Waals surface area contributed by atoms with Crippen LogP contribution in [0.1, 0.15) is 51.2 Å². The van der Waals surface area contributed by atoms with Crippen LogP contribution in [-0.2, 0) is 47.8 Å². The summed E-state index contributed by atoms with van der Waals surface area (Å²) in [5.74, 6) is -9.76. The summed E-state index contributed by atoms with van der Waals surface area (Å²) in [5, 5.41) is 31.2. The Labute approximate surface area is 346 Å². The Balaban J connectivity index is 1.67. The summed E-state index contributed by atoms with van der Waals surface area (Å²) >= 11 is 0. The van der Waals surface area contributed by atoms with E-state index in [1.807, 2.05) is 0 Å². The number of carbonyl (C=O) groups is 8. The zero-order chi connectivity index (χ0) is 44.5. The SMILES string of the molecule is NC(=O)C[C@@H]1NC(=O)[C@H](NC(=O)CCCC(=O)O[C@H]2C[C@H](n3cc(F)c(=O)[nH]c3=O)O[C@@H]2CO)CSSC[C@H](C(=O)O)NC(=O)[C@H](CCCN=C(N)N)NC(=O)CNC1=O. The number of halogens is 1. The van der Waals surface area contributed by atoms with Gasteiger partial charge in [-0.1, -0.05) is 21.6 Å². The topological polar surface area (TPSA) is 401 Å². The second kappa shape index (κ2) is 23.7. The monoisotopic (exact) mass is 891 g/mol. The van der Waals surface area contributed by atoms with Crippen molar-refractivity contribution in [2.24, 2.45) is 22.2 Å². The van der Waals surface area contributed by atoms with Crippen LogP contribution in [0.3, 0.4) is 0 Å². The number of carboxylic acids is 1. The fraction of sp³-hybridized carbons (Fsp3) is 0.594. The number of ether oxygens (including phenoxy) is 2. The summed E-state index contributed by atoms with van der Waals surface area (Å²) in [6, 6.07) is -5.80. The summed E-state index contributed by atoms with van der Waals surface area (Å²) < 4.78 is 25.4. The standard InChI is InChI=1S/C32H46FN11O14S2/c33-14-10-44(32(56)43-26(14)50)24-8-19(20(11-45)57-24)58-25(49)5-1-4-22(47)40-17-12-59-60-13-18(30(54)55)42-28(52)15(3-2-6-37-31(35)36)39-23(48)9-38-27(51)16(7-21(34)46)41-29(17)53/h10,15-20,24,45H,1-9,11-13H2,(H2,34,46)(H,38,51)(H,39,48)(H,40,47)(H,41,53)(H,42,52)(H,54,55)(H4,35,36,37)(H,43,50,56)/t15-,16-,17+,18+,19-,20+,24+/m0/s1. The average molecular weight is 892 g/mol. The fourth-order valence-electron chi connectivity index (χ4n) is 5.57. The number of primary amides is 1. The molecule has 0 aliphatic carbocycles. The molecule has 1 aromatic rings. The first-order valence-corrected chi connectivity index (χ1v) is 20.6. The first-order chi connectivity index (χ1) is 28.4. The number of H-pyrrole nitrogens is 1.